The minimum Gasteiger partial charge on any atom is -0.508 e. The lowest BCUT2D eigenvalue weighted by Gasteiger charge is -2.17. The van der Waals surface area contributed by atoms with Gasteiger partial charge in [0.15, 0.2) is 0 Å². The Bertz CT molecular complexity index is 514. The second kappa shape index (κ2) is 3.27. The molecule has 0 atom stereocenters. The summed E-state index contributed by atoms with van der Waals surface area (Å²) in [7, 11) is 0. The summed E-state index contributed by atoms with van der Waals surface area (Å²) in [6.07, 6.45) is 5.02. The Labute approximate surface area is 89.4 Å². The molecule has 0 saturated heterocycles. The average Bonchev–Trinajstić information content (AvgIpc) is 2.28. The minimum atomic E-state index is 0.359. The van der Waals surface area contributed by atoms with E-state index in [1.165, 1.54) is 42.2 Å². The summed E-state index contributed by atoms with van der Waals surface area (Å²) in [5.74, 6) is 0.359. The number of fused-ring (bicyclic) bond motifs is 3. The number of phenols is 1. The maximum Gasteiger partial charge on any atom is 0.116 e. The lowest BCUT2D eigenvalue weighted by molar-refractivity contribution is 0.476. The Morgan fingerprint density at radius 3 is 2.73 bits per heavy atom. The van der Waals surface area contributed by atoms with Crippen LogP contribution in [0.1, 0.15) is 24.0 Å². The molecule has 15 heavy (non-hydrogen) atoms. The number of phenolic OH excluding ortho intramolecular Hbond substituents is 1. The second-order valence-corrected chi connectivity index (χ2v) is 4.32. The Kier molecular flexibility index (Phi) is 1.91. The first kappa shape index (κ1) is 8.78. The average molecular weight is 198 g/mol. The summed E-state index contributed by atoms with van der Waals surface area (Å²) in [5.41, 5.74) is 3.00. The van der Waals surface area contributed by atoms with Crippen molar-refractivity contribution in [1.29, 1.82) is 0 Å². The highest BCUT2D eigenvalue weighted by Crippen LogP contribution is 2.30. The van der Waals surface area contributed by atoms with E-state index in [0.717, 1.165) is 5.39 Å². The quantitative estimate of drug-likeness (QED) is 0.687. The highest BCUT2D eigenvalue weighted by Gasteiger charge is 2.11. The van der Waals surface area contributed by atoms with E-state index in [1.54, 1.807) is 6.07 Å². The molecule has 0 heterocycles. The lowest BCUT2D eigenvalue weighted by atomic mass is 9.88. The topological polar surface area (TPSA) is 20.2 Å². The van der Waals surface area contributed by atoms with Crippen molar-refractivity contribution in [3.63, 3.8) is 0 Å². The van der Waals surface area contributed by atoms with E-state index >= 15 is 0 Å². The molecule has 76 valence electrons. The van der Waals surface area contributed by atoms with Gasteiger partial charge in [0, 0.05) is 0 Å². The standard InChI is InChI=1S/C14H14O/c15-12-7-8-14-11(9-12)6-5-10-3-1-2-4-13(10)14/h5-9,15H,1-4H2. The molecule has 0 bridgehead atoms. The number of hydrogen-bond acceptors (Lipinski definition) is 1. The molecule has 1 nitrogen and oxygen atoms in total. The van der Waals surface area contributed by atoms with E-state index in [9.17, 15) is 5.11 Å². The van der Waals surface area contributed by atoms with E-state index in [1.807, 2.05) is 6.07 Å². The van der Waals surface area contributed by atoms with Gasteiger partial charge < -0.3 is 5.11 Å². The maximum absolute atomic E-state index is 9.43. The Hall–Kier alpha value is -1.50. The molecule has 0 aliphatic heterocycles. The predicted molar refractivity (Wildman–Crippen MR) is 62.3 cm³/mol. The fraction of sp³-hybridized carbons (Fsp3) is 0.286. The third kappa shape index (κ3) is 1.39. The molecule has 0 unspecified atom stereocenters. The van der Waals surface area contributed by atoms with Crippen molar-refractivity contribution in [3.05, 3.63) is 41.5 Å². The van der Waals surface area contributed by atoms with Crippen LogP contribution < -0.4 is 0 Å². The summed E-state index contributed by atoms with van der Waals surface area (Å²) in [4.78, 5) is 0. The monoisotopic (exact) mass is 198 g/mol. The number of benzene rings is 2. The molecule has 0 radical (unpaired) electrons. The highest BCUT2D eigenvalue weighted by molar-refractivity contribution is 5.88. The summed E-state index contributed by atoms with van der Waals surface area (Å²) in [5, 5.41) is 11.9. The number of aryl methyl sites for hydroxylation is 2. The molecule has 1 aliphatic carbocycles. The molecule has 1 heteroatoms. The van der Waals surface area contributed by atoms with Crippen LogP contribution >= 0.6 is 0 Å². The number of hydrogen-bond donors (Lipinski definition) is 1. The van der Waals surface area contributed by atoms with Gasteiger partial charge in [-0.2, -0.15) is 0 Å². The van der Waals surface area contributed by atoms with Crippen LogP contribution in [0.15, 0.2) is 30.3 Å². The normalized spacial score (nSPS) is 15.2. The predicted octanol–water partition coefficient (Wildman–Crippen LogP) is 3.42. The van der Waals surface area contributed by atoms with Crippen LogP contribution in [0.25, 0.3) is 10.8 Å². The van der Waals surface area contributed by atoms with Gasteiger partial charge in [-0.05, 0) is 59.7 Å². The lowest BCUT2D eigenvalue weighted by Crippen LogP contribution is -2.02. The zero-order chi connectivity index (χ0) is 10.3. The Morgan fingerprint density at radius 2 is 1.80 bits per heavy atom. The van der Waals surface area contributed by atoms with E-state index in [0.29, 0.717) is 5.75 Å². The van der Waals surface area contributed by atoms with Crippen LogP contribution in [0, 0.1) is 0 Å². The van der Waals surface area contributed by atoms with Crippen molar-refractivity contribution in [1.82, 2.24) is 0 Å². The van der Waals surface area contributed by atoms with Crippen LogP contribution in [-0.4, -0.2) is 5.11 Å². The highest BCUT2D eigenvalue weighted by atomic mass is 16.3. The molecule has 1 N–H and O–H groups in total. The van der Waals surface area contributed by atoms with E-state index < -0.39 is 0 Å². The van der Waals surface area contributed by atoms with Crippen LogP contribution in [-0.2, 0) is 12.8 Å². The van der Waals surface area contributed by atoms with Crippen molar-refractivity contribution >= 4 is 10.8 Å². The van der Waals surface area contributed by atoms with Crippen LogP contribution in [0.2, 0.25) is 0 Å². The van der Waals surface area contributed by atoms with Crippen LogP contribution in [0.4, 0.5) is 0 Å². The molecule has 2 aromatic rings. The molecule has 0 saturated carbocycles. The smallest absolute Gasteiger partial charge is 0.116 e. The molecule has 0 spiro atoms. The molecular weight excluding hydrogens is 184 g/mol. The second-order valence-electron chi connectivity index (χ2n) is 4.32. The molecule has 1 aliphatic rings. The Balaban J connectivity index is 2.32. The fourth-order valence-corrected chi connectivity index (χ4v) is 2.57. The van der Waals surface area contributed by atoms with Crippen molar-refractivity contribution < 1.29 is 5.11 Å². The van der Waals surface area contributed by atoms with Gasteiger partial charge in [0.2, 0.25) is 0 Å². The zero-order valence-electron chi connectivity index (χ0n) is 8.66. The largest absolute Gasteiger partial charge is 0.508 e. The van der Waals surface area contributed by atoms with Gasteiger partial charge in [-0.3, -0.25) is 0 Å². The van der Waals surface area contributed by atoms with Crippen molar-refractivity contribution in [2.75, 3.05) is 0 Å². The summed E-state index contributed by atoms with van der Waals surface area (Å²) in [6.45, 7) is 0. The molecule has 0 aromatic heterocycles. The maximum atomic E-state index is 9.43. The van der Waals surface area contributed by atoms with Crippen LogP contribution in [0.3, 0.4) is 0 Å². The van der Waals surface area contributed by atoms with Crippen molar-refractivity contribution in [3.8, 4) is 5.75 Å². The number of rotatable bonds is 0. The zero-order valence-corrected chi connectivity index (χ0v) is 8.66. The third-order valence-electron chi connectivity index (χ3n) is 3.33. The SMILES string of the molecule is Oc1ccc2c3c(ccc2c1)CCCC3. The fourth-order valence-electron chi connectivity index (χ4n) is 2.57. The van der Waals surface area contributed by atoms with Crippen LogP contribution in [0.5, 0.6) is 5.75 Å². The molecule has 3 rings (SSSR count). The van der Waals surface area contributed by atoms with Gasteiger partial charge in [0.05, 0.1) is 0 Å². The summed E-state index contributed by atoms with van der Waals surface area (Å²) in [6, 6.07) is 10.0. The van der Waals surface area contributed by atoms with Crippen molar-refractivity contribution in [2.24, 2.45) is 0 Å². The van der Waals surface area contributed by atoms with E-state index in [4.69, 9.17) is 0 Å². The van der Waals surface area contributed by atoms with E-state index in [2.05, 4.69) is 18.2 Å². The van der Waals surface area contributed by atoms with Gasteiger partial charge in [0.1, 0.15) is 5.75 Å². The molecule has 2 aromatic carbocycles. The van der Waals surface area contributed by atoms with Gasteiger partial charge in [-0.15, -0.1) is 0 Å². The summed E-state index contributed by atoms with van der Waals surface area (Å²) < 4.78 is 0. The summed E-state index contributed by atoms with van der Waals surface area (Å²) >= 11 is 0. The van der Waals surface area contributed by atoms with Gasteiger partial charge >= 0.3 is 0 Å². The first-order valence-electron chi connectivity index (χ1n) is 5.58. The molecule has 0 fully saturated rings. The van der Waals surface area contributed by atoms with Gasteiger partial charge in [-0.1, -0.05) is 18.2 Å². The van der Waals surface area contributed by atoms with Gasteiger partial charge in [0.25, 0.3) is 0 Å². The first-order valence-corrected chi connectivity index (χ1v) is 5.58. The molecular formula is C14H14O. The first-order chi connectivity index (χ1) is 7.34. The minimum absolute atomic E-state index is 0.359. The Morgan fingerprint density at radius 1 is 0.933 bits per heavy atom. The number of aromatic hydroxyl groups is 1. The molecule has 0 amide bonds. The van der Waals surface area contributed by atoms with Gasteiger partial charge in [-0.25, -0.2) is 0 Å². The van der Waals surface area contributed by atoms with E-state index in [-0.39, 0.29) is 0 Å². The third-order valence-corrected chi connectivity index (χ3v) is 3.33. The van der Waals surface area contributed by atoms with Crippen molar-refractivity contribution in [2.45, 2.75) is 25.7 Å².